The SMILES string of the molecule is COc1ccc(C(=O)NCC2(C(=O)O)CCOCC2)c(OC)c1OC. The van der Waals surface area contributed by atoms with Gasteiger partial charge in [0.2, 0.25) is 5.75 Å². The predicted octanol–water partition coefficient (Wildman–Crippen LogP) is 1.32. The number of benzene rings is 1. The molecule has 1 heterocycles. The van der Waals surface area contributed by atoms with Gasteiger partial charge in [-0.3, -0.25) is 9.59 Å². The van der Waals surface area contributed by atoms with E-state index in [4.69, 9.17) is 18.9 Å². The number of hydrogen-bond acceptors (Lipinski definition) is 6. The van der Waals surface area contributed by atoms with Gasteiger partial charge in [0.25, 0.3) is 5.91 Å². The minimum atomic E-state index is -1.02. The molecule has 0 unspecified atom stereocenters. The maximum atomic E-state index is 12.6. The maximum Gasteiger partial charge on any atom is 0.311 e. The van der Waals surface area contributed by atoms with Gasteiger partial charge in [-0.25, -0.2) is 0 Å². The van der Waals surface area contributed by atoms with Crippen molar-refractivity contribution in [3.8, 4) is 17.2 Å². The molecule has 1 aromatic rings. The summed E-state index contributed by atoms with van der Waals surface area (Å²) in [4.78, 5) is 24.3. The molecule has 0 radical (unpaired) electrons. The fourth-order valence-corrected chi connectivity index (χ4v) is 2.85. The van der Waals surface area contributed by atoms with Crippen molar-refractivity contribution in [1.29, 1.82) is 0 Å². The zero-order valence-corrected chi connectivity index (χ0v) is 14.6. The first-order chi connectivity index (χ1) is 12.0. The van der Waals surface area contributed by atoms with Gasteiger partial charge in [0, 0.05) is 19.8 Å². The van der Waals surface area contributed by atoms with Gasteiger partial charge in [0.1, 0.15) is 0 Å². The van der Waals surface area contributed by atoms with Crippen LogP contribution >= 0.6 is 0 Å². The second kappa shape index (κ2) is 8.06. The van der Waals surface area contributed by atoms with Crippen LogP contribution in [0.3, 0.4) is 0 Å². The number of carbonyl (C=O) groups is 2. The van der Waals surface area contributed by atoms with Crippen LogP contribution < -0.4 is 19.5 Å². The number of carboxylic acid groups (broad SMARTS) is 1. The van der Waals surface area contributed by atoms with E-state index in [2.05, 4.69) is 5.32 Å². The summed E-state index contributed by atoms with van der Waals surface area (Å²) in [5.41, 5.74) is -0.773. The molecule has 0 bridgehead atoms. The lowest BCUT2D eigenvalue weighted by atomic mass is 9.80. The van der Waals surface area contributed by atoms with Crippen LogP contribution in [0.2, 0.25) is 0 Å². The molecule has 1 aromatic carbocycles. The Hall–Kier alpha value is -2.48. The molecule has 0 saturated carbocycles. The van der Waals surface area contributed by atoms with E-state index in [9.17, 15) is 14.7 Å². The Morgan fingerprint density at radius 2 is 1.76 bits per heavy atom. The van der Waals surface area contributed by atoms with Gasteiger partial charge < -0.3 is 29.4 Å². The molecule has 0 spiro atoms. The number of ether oxygens (including phenoxy) is 4. The number of carboxylic acids is 1. The largest absolute Gasteiger partial charge is 0.493 e. The second-order valence-corrected chi connectivity index (χ2v) is 5.76. The molecule has 1 fully saturated rings. The lowest BCUT2D eigenvalue weighted by molar-refractivity contribution is -0.154. The number of rotatable bonds is 7. The van der Waals surface area contributed by atoms with Crippen molar-refractivity contribution in [3.05, 3.63) is 17.7 Å². The Morgan fingerprint density at radius 3 is 2.28 bits per heavy atom. The minimum Gasteiger partial charge on any atom is -0.493 e. The molecule has 2 rings (SSSR count). The molecule has 0 atom stereocenters. The number of carbonyl (C=O) groups excluding carboxylic acids is 1. The number of hydrogen-bond donors (Lipinski definition) is 2. The predicted molar refractivity (Wildman–Crippen MR) is 88.6 cm³/mol. The van der Waals surface area contributed by atoms with Crippen molar-refractivity contribution in [2.75, 3.05) is 41.1 Å². The monoisotopic (exact) mass is 353 g/mol. The fraction of sp³-hybridized carbons (Fsp3) is 0.529. The third kappa shape index (κ3) is 3.79. The first kappa shape index (κ1) is 18.9. The maximum absolute atomic E-state index is 12.6. The van der Waals surface area contributed by atoms with Crippen molar-refractivity contribution in [1.82, 2.24) is 5.32 Å². The molecule has 2 N–H and O–H groups in total. The van der Waals surface area contributed by atoms with E-state index in [-0.39, 0.29) is 17.9 Å². The Morgan fingerprint density at radius 1 is 1.12 bits per heavy atom. The molecule has 1 aliphatic heterocycles. The van der Waals surface area contributed by atoms with Crippen LogP contribution in [0, 0.1) is 5.41 Å². The van der Waals surface area contributed by atoms with Gasteiger partial charge >= 0.3 is 5.97 Å². The standard InChI is InChI=1S/C17H23NO7/c1-22-12-5-4-11(13(23-2)14(12)24-3)15(19)18-10-17(16(20)21)6-8-25-9-7-17/h4-5H,6-10H2,1-3H3,(H,18,19)(H,20,21). The Labute approximate surface area is 146 Å². The highest BCUT2D eigenvalue weighted by atomic mass is 16.5. The first-order valence-electron chi connectivity index (χ1n) is 7.87. The highest BCUT2D eigenvalue weighted by Crippen LogP contribution is 2.39. The van der Waals surface area contributed by atoms with E-state index < -0.39 is 17.3 Å². The number of methoxy groups -OCH3 is 3. The molecular weight excluding hydrogens is 330 g/mol. The summed E-state index contributed by atoms with van der Waals surface area (Å²) in [6.07, 6.45) is 0.706. The topological polar surface area (TPSA) is 103 Å². The summed E-state index contributed by atoms with van der Waals surface area (Å²) in [6.45, 7) is 0.742. The highest BCUT2D eigenvalue weighted by Gasteiger charge is 2.40. The van der Waals surface area contributed by atoms with Gasteiger partial charge in [-0.15, -0.1) is 0 Å². The molecule has 1 saturated heterocycles. The molecule has 25 heavy (non-hydrogen) atoms. The summed E-state index contributed by atoms with van der Waals surface area (Å²) < 4.78 is 21.0. The highest BCUT2D eigenvalue weighted by molar-refractivity contribution is 5.98. The number of amides is 1. The summed E-state index contributed by atoms with van der Waals surface area (Å²) in [6, 6.07) is 3.14. The summed E-state index contributed by atoms with van der Waals surface area (Å²) >= 11 is 0. The number of nitrogens with one attached hydrogen (secondary N) is 1. The van der Waals surface area contributed by atoms with Gasteiger partial charge in [-0.05, 0) is 25.0 Å². The summed E-state index contributed by atoms with van der Waals surface area (Å²) in [5, 5.41) is 12.3. The molecule has 1 amide bonds. The van der Waals surface area contributed by atoms with Crippen LogP contribution in [0.4, 0.5) is 0 Å². The second-order valence-electron chi connectivity index (χ2n) is 5.76. The van der Waals surface area contributed by atoms with Gasteiger partial charge in [-0.1, -0.05) is 0 Å². The zero-order valence-electron chi connectivity index (χ0n) is 14.6. The van der Waals surface area contributed by atoms with Crippen LogP contribution in [-0.2, 0) is 9.53 Å². The van der Waals surface area contributed by atoms with Gasteiger partial charge in [-0.2, -0.15) is 0 Å². The molecular formula is C17H23NO7. The van der Waals surface area contributed by atoms with Crippen LogP contribution in [-0.4, -0.2) is 58.1 Å². The molecule has 8 heteroatoms. The van der Waals surface area contributed by atoms with Crippen molar-refractivity contribution in [2.24, 2.45) is 5.41 Å². The van der Waals surface area contributed by atoms with E-state index in [1.807, 2.05) is 0 Å². The van der Waals surface area contributed by atoms with Crippen LogP contribution in [0.15, 0.2) is 12.1 Å². The lowest BCUT2D eigenvalue weighted by Crippen LogP contribution is -2.46. The molecule has 0 aliphatic carbocycles. The third-order valence-corrected chi connectivity index (χ3v) is 4.44. The Bertz CT molecular complexity index is 638. The van der Waals surface area contributed by atoms with E-state index in [1.165, 1.54) is 21.3 Å². The molecule has 0 aromatic heterocycles. The van der Waals surface area contributed by atoms with Gasteiger partial charge in [0.05, 0.1) is 32.3 Å². The van der Waals surface area contributed by atoms with Gasteiger partial charge in [0.15, 0.2) is 11.5 Å². The minimum absolute atomic E-state index is 0.0159. The number of aliphatic carboxylic acids is 1. The Kier molecular flexibility index (Phi) is 6.08. The zero-order chi connectivity index (χ0) is 18.4. The van der Waals surface area contributed by atoms with Crippen molar-refractivity contribution in [2.45, 2.75) is 12.8 Å². The molecule has 138 valence electrons. The van der Waals surface area contributed by atoms with Crippen LogP contribution in [0.1, 0.15) is 23.2 Å². The van der Waals surface area contributed by atoms with E-state index in [0.717, 1.165) is 0 Å². The lowest BCUT2D eigenvalue weighted by Gasteiger charge is -2.33. The molecule has 8 nitrogen and oxygen atoms in total. The van der Waals surface area contributed by atoms with Crippen molar-refractivity contribution in [3.63, 3.8) is 0 Å². The van der Waals surface area contributed by atoms with Crippen molar-refractivity contribution < 1.29 is 33.6 Å². The Balaban J connectivity index is 2.22. The quantitative estimate of drug-likeness (QED) is 0.762. The van der Waals surface area contributed by atoms with E-state index in [1.54, 1.807) is 12.1 Å². The normalized spacial score (nSPS) is 16.0. The first-order valence-corrected chi connectivity index (χ1v) is 7.87. The van der Waals surface area contributed by atoms with E-state index >= 15 is 0 Å². The smallest absolute Gasteiger partial charge is 0.311 e. The molecule has 1 aliphatic rings. The van der Waals surface area contributed by atoms with E-state index in [0.29, 0.717) is 37.6 Å². The van der Waals surface area contributed by atoms with Crippen LogP contribution in [0.25, 0.3) is 0 Å². The fourth-order valence-electron chi connectivity index (χ4n) is 2.85. The van der Waals surface area contributed by atoms with Crippen molar-refractivity contribution >= 4 is 11.9 Å². The summed E-state index contributed by atoms with van der Waals surface area (Å²) in [5.74, 6) is -0.407. The van der Waals surface area contributed by atoms with Crippen LogP contribution in [0.5, 0.6) is 17.2 Å². The average Bonchev–Trinajstić information content (AvgIpc) is 2.65. The third-order valence-electron chi connectivity index (χ3n) is 4.44. The average molecular weight is 353 g/mol. The summed E-state index contributed by atoms with van der Waals surface area (Å²) in [7, 11) is 4.35.